The summed E-state index contributed by atoms with van der Waals surface area (Å²) in [5.41, 5.74) is -3.02. The molecule has 1 unspecified atom stereocenters. The van der Waals surface area contributed by atoms with Crippen molar-refractivity contribution < 1.29 is 27.4 Å². The topological polar surface area (TPSA) is 60.2 Å². The molecule has 1 aromatic heterocycles. The first kappa shape index (κ1) is 19.4. The van der Waals surface area contributed by atoms with Crippen LogP contribution in [0.2, 0.25) is 0 Å². The monoisotopic (exact) mass is 407 g/mol. The standard InChI is InChI=1S/C20H17F4N3O2/c1-12-2-3-14(15(22)6-12)20(28,9-27-11-25-10-26-27)19(4-5-19)29-18-16(23)7-13(21)8-17(18)24/h2-3,6-8,10-11,28H,4-5,9H2,1H3. The first-order valence-electron chi connectivity index (χ1n) is 8.89. The van der Waals surface area contributed by atoms with Crippen molar-refractivity contribution in [2.75, 3.05) is 0 Å². The van der Waals surface area contributed by atoms with Crippen LogP contribution in [0.3, 0.4) is 0 Å². The largest absolute Gasteiger partial charge is 0.478 e. The zero-order valence-electron chi connectivity index (χ0n) is 15.4. The molecule has 0 amide bonds. The minimum absolute atomic E-state index is 0.0981. The van der Waals surface area contributed by atoms with E-state index in [9.17, 15) is 22.7 Å². The van der Waals surface area contributed by atoms with Gasteiger partial charge in [-0.25, -0.2) is 27.2 Å². The SMILES string of the molecule is Cc1ccc(C(O)(Cn2cncn2)C2(Oc3c(F)cc(F)cc3F)CC2)c(F)c1. The van der Waals surface area contributed by atoms with Crippen LogP contribution in [0.15, 0.2) is 43.0 Å². The molecule has 9 heteroatoms. The molecule has 1 heterocycles. The fourth-order valence-corrected chi connectivity index (χ4v) is 3.51. The van der Waals surface area contributed by atoms with Gasteiger partial charge in [0.2, 0.25) is 0 Å². The Bertz CT molecular complexity index is 1030. The van der Waals surface area contributed by atoms with Gasteiger partial charge in [0.1, 0.15) is 29.9 Å². The molecule has 152 valence electrons. The van der Waals surface area contributed by atoms with E-state index in [1.54, 1.807) is 13.0 Å². The number of aromatic nitrogens is 3. The van der Waals surface area contributed by atoms with Crippen molar-refractivity contribution in [2.45, 2.75) is 37.5 Å². The van der Waals surface area contributed by atoms with Gasteiger partial charge in [0.15, 0.2) is 23.0 Å². The Labute approximate surface area is 163 Å². The Hall–Kier alpha value is -2.94. The van der Waals surface area contributed by atoms with Crippen molar-refractivity contribution in [1.82, 2.24) is 14.8 Å². The van der Waals surface area contributed by atoms with Gasteiger partial charge in [0.05, 0.1) is 6.54 Å². The van der Waals surface area contributed by atoms with Gasteiger partial charge in [0.25, 0.3) is 0 Å². The number of rotatable bonds is 6. The van der Waals surface area contributed by atoms with Crippen LogP contribution in [-0.4, -0.2) is 25.5 Å². The van der Waals surface area contributed by atoms with E-state index >= 15 is 0 Å². The van der Waals surface area contributed by atoms with Gasteiger partial charge in [-0.2, -0.15) is 5.10 Å². The normalized spacial score (nSPS) is 17.0. The second kappa shape index (κ2) is 6.84. The second-order valence-electron chi connectivity index (χ2n) is 7.23. The lowest BCUT2D eigenvalue weighted by atomic mass is 9.84. The lowest BCUT2D eigenvalue weighted by molar-refractivity contribution is -0.102. The molecule has 1 aliphatic carbocycles. The Morgan fingerprint density at radius 2 is 1.79 bits per heavy atom. The van der Waals surface area contributed by atoms with E-state index in [4.69, 9.17) is 4.74 Å². The van der Waals surface area contributed by atoms with E-state index in [1.165, 1.54) is 29.5 Å². The Kier molecular flexibility index (Phi) is 4.57. The summed E-state index contributed by atoms with van der Waals surface area (Å²) in [6, 6.07) is 5.23. The zero-order valence-corrected chi connectivity index (χ0v) is 15.4. The summed E-state index contributed by atoms with van der Waals surface area (Å²) in [5.74, 6) is -5.11. The number of hydrogen-bond donors (Lipinski definition) is 1. The molecule has 0 bridgehead atoms. The highest BCUT2D eigenvalue weighted by molar-refractivity contribution is 5.36. The third kappa shape index (κ3) is 3.35. The lowest BCUT2D eigenvalue weighted by Crippen LogP contribution is -2.49. The summed E-state index contributed by atoms with van der Waals surface area (Å²) in [7, 11) is 0. The average molecular weight is 407 g/mol. The van der Waals surface area contributed by atoms with Crippen LogP contribution in [0.4, 0.5) is 17.6 Å². The molecular weight excluding hydrogens is 390 g/mol. The second-order valence-corrected chi connectivity index (χ2v) is 7.23. The van der Waals surface area contributed by atoms with Crippen molar-refractivity contribution in [3.05, 3.63) is 77.4 Å². The molecule has 1 saturated carbocycles. The minimum Gasteiger partial charge on any atom is -0.478 e. The van der Waals surface area contributed by atoms with Crippen molar-refractivity contribution in [1.29, 1.82) is 0 Å². The molecule has 1 N–H and O–H groups in total. The van der Waals surface area contributed by atoms with Gasteiger partial charge in [0, 0.05) is 17.7 Å². The van der Waals surface area contributed by atoms with Crippen molar-refractivity contribution in [2.24, 2.45) is 0 Å². The third-order valence-corrected chi connectivity index (χ3v) is 5.15. The van der Waals surface area contributed by atoms with Gasteiger partial charge in [-0.15, -0.1) is 0 Å². The van der Waals surface area contributed by atoms with Crippen LogP contribution in [0.5, 0.6) is 5.75 Å². The summed E-state index contributed by atoms with van der Waals surface area (Å²) in [4.78, 5) is 3.81. The van der Waals surface area contributed by atoms with Gasteiger partial charge < -0.3 is 9.84 Å². The molecule has 2 aromatic carbocycles. The summed E-state index contributed by atoms with van der Waals surface area (Å²) >= 11 is 0. The zero-order chi connectivity index (χ0) is 20.8. The molecule has 4 rings (SSSR count). The highest BCUT2D eigenvalue weighted by Gasteiger charge is 2.64. The lowest BCUT2D eigenvalue weighted by Gasteiger charge is -2.37. The number of halogens is 4. The van der Waals surface area contributed by atoms with Crippen molar-refractivity contribution >= 4 is 0 Å². The third-order valence-electron chi connectivity index (χ3n) is 5.15. The smallest absolute Gasteiger partial charge is 0.191 e. The highest BCUT2D eigenvalue weighted by Crippen LogP contribution is 2.54. The molecular formula is C20H17F4N3O2. The van der Waals surface area contributed by atoms with Gasteiger partial charge in [-0.05, 0) is 31.4 Å². The predicted molar refractivity (Wildman–Crippen MR) is 94.0 cm³/mol. The Morgan fingerprint density at radius 1 is 1.10 bits per heavy atom. The van der Waals surface area contributed by atoms with Crippen LogP contribution in [0, 0.1) is 30.2 Å². The molecule has 3 aromatic rings. The minimum atomic E-state index is -2.02. The predicted octanol–water partition coefficient (Wildman–Crippen LogP) is 3.64. The van der Waals surface area contributed by atoms with Crippen LogP contribution >= 0.6 is 0 Å². The van der Waals surface area contributed by atoms with Gasteiger partial charge in [-0.3, -0.25) is 0 Å². The molecule has 0 radical (unpaired) electrons. The number of benzene rings is 2. The van der Waals surface area contributed by atoms with Crippen molar-refractivity contribution in [3.8, 4) is 5.75 Å². The van der Waals surface area contributed by atoms with Gasteiger partial charge in [-0.1, -0.05) is 12.1 Å². The summed E-state index contributed by atoms with van der Waals surface area (Å²) in [6.07, 6.45) is 2.96. The van der Waals surface area contributed by atoms with Crippen LogP contribution in [0.25, 0.3) is 0 Å². The van der Waals surface area contributed by atoms with E-state index in [0.717, 1.165) is 0 Å². The van der Waals surface area contributed by atoms with E-state index in [1.807, 2.05) is 0 Å². The highest BCUT2D eigenvalue weighted by atomic mass is 19.1. The molecule has 0 aliphatic heterocycles. The van der Waals surface area contributed by atoms with E-state index in [-0.39, 0.29) is 24.9 Å². The average Bonchev–Trinajstić information content (AvgIpc) is 3.27. The molecule has 29 heavy (non-hydrogen) atoms. The number of aliphatic hydroxyl groups is 1. The number of hydrogen-bond acceptors (Lipinski definition) is 4. The fraction of sp³-hybridized carbons (Fsp3) is 0.300. The molecule has 1 atom stereocenters. The van der Waals surface area contributed by atoms with E-state index in [0.29, 0.717) is 17.7 Å². The molecule has 5 nitrogen and oxygen atoms in total. The van der Waals surface area contributed by atoms with Crippen LogP contribution < -0.4 is 4.74 Å². The molecule has 0 saturated heterocycles. The quantitative estimate of drug-likeness (QED) is 0.634. The Morgan fingerprint density at radius 3 is 2.34 bits per heavy atom. The first-order chi connectivity index (χ1) is 13.7. The number of ether oxygens (including phenoxy) is 1. The first-order valence-corrected chi connectivity index (χ1v) is 8.89. The molecule has 1 fully saturated rings. The van der Waals surface area contributed by atoms with Crippen LogP contribution in [-0.2, 0) is 12.1 Å². The van der Waals surface area contributed by atoms with Crippen LogP contribution in [0.1, 0.15) is 24.0 Å². The Balaban J connectivity index is 1.81. The van der Waals surface area contributed by atoms with Gasteiger partial charge >= 0.3 is 0 Å². The summed E-state index contributed by atoms with van der Waals surface area (Å²) in [5, 5.41) is 15.6. The molecule has 1 aliphatic rings. The molecule has 0 spiro atoms. The van der Waals surface area contributed by atoms with E-state index < -0.39 is 40.2 Å². The summed E-state index contributed by atoms with van der Waals surface area (Å²) in [6.45, 7) is 1.42. The van der Waals surface area contributed by atoms with Crippen molar-refractivity contribution in [3.63, 3.8) is 0 Å². The fourth-order valence-electron chi connectivity index (χ4n) is 3.51. The number of aryl methyl sites for hydroxylation is 1. The maximum Gasteiger partial charge on any atom is 0.191 e. The van der Waals surface area contributed by atoms with E-state index in [2.05, 4.69) is 10.1 Å². The summed E-state index contributed by atoms with van der Waals surface area (Å²) < 4.78 is 63.3. The maximum absolute atomic E-state index is 14.8. The number of nitrogens with zero attached hydrogens (tertiary/aromatic N) is 3. The maximum atomic E-state index is 14.8.